The van der Waals surface area contributed by atoms with Crippen LogP contribution in [0.15, 0.2) is 93.9 Å². The molecule has 1 fully saturated rings. The van der Waals surface area contributed by atoms with Gasteiger partial charge in [-0.3, -0.25) is 0 Å². The summed E-state index contributed by atoms with van der Waals surface area (Å²) < 4.78 is 93.4. The first-order chi connectivity index (χ1) is 20.2. The number of halogens is 4. The van der Waals surface area contributed by atoms with Crippen molar-refractivity contribution in [1.82, 2.24) is 14.5 Å². The van der Waals surface area contributed by atoms with E-state index in [0.717, 1.165) is 23.3 Å². The summed E-state index contributed by atoms with van der Waals surface area (Å²) in [6, 6.07) is 18.5. The average molecular weight is 655 g/mol. The number of nitrogens with zero attached hydrogens (tertiary/aromatic N) is 3. The van der Waals surface area contributed by atoms with Crippen molar-refractivity contribution in [2.24, 2.45) is 15.2 Å². The van der Waals surface area contributed by atoms with Crippen molar-refractivity contribution in [1.29, 1.82) is 0 Å². The highest BCUT2D eigenvalue weighted by molar-refractivity contribution is 7.90. The van der Waals surface area contributed by atoms with Gasteiger partial charge in [0.05, 0.1) is 28.8 Å². The number of rotatable bonds is 7. The van der Waals surface area contributed by atoms with Crippen LogP contribution in [-0.2, 0) is 26.4 Å². The van der Waals surface area contributed by atoms with Gasteiger partial charge in [0.15, 0.2) is 0 Å². The fourth-order valence-electron chi connectivity index (χ4n) is 4.80. The Morgan fingerprint density at radius 1 is 0.953 bits per heavy atom. The smallest absolute Gasteiger partial charge is 0.248 e. The van der Waals surface area contributed by atoms with Crippen molar-refractivity contribution >= 4 is 43.5 Å². The number of nitrogens with one attached hydrogen (secondary N) is 2. The summed E-state index contributed by atoms with van der Waals surface area (Å²) in [5.41, 5.74) is 1.27. The second kappa shape index (κ2) is 11.9. The highest BCUT2D eigenvalue weighted by Gasteiger charge is 2.37. The second-order valence-electron chi connectivity index (χ2n) is 10.1. The van der Waals surface area contributed by atoms with E-state index >= 15 is 0 Å². The van der Waals surface area contributed by atoms with Crippen molar-refractivity contribution in [3.05, 3.63) is 101 Å². The summed E-state index contributed by atoms with van der Waals surface area (Å²) in [5.74, 6) is -0.467. The van der Waals surface area contributed by atoms with Gasteiger partial charge in [-0.15, -0.1) is 0 Å². The van der Waals surface area contributed by atoms with Gasteiger partial charge in [-0.25, -0.2) is 28.3 Å². The van der Waals surface area contributed by atoms with Crippen molar-refractivity contribution in [3.8, 4) is 0 Å². The Morgan fingerprint density at radius 2 is 1.58 bits per heavy atom. The second-order valence-corrected chi connectivity index (χ2v) is 13.5. The molecule has 0 unspecified atom stereocenters. The first-order valence-corrected chi connectivity index (χ1v) is 16.3. The van der Waals surface area contributed by atoms with Gasteiger partial charge in [0.2, 0.25) is 5.96 Å². The molecule has 4 N–H and O–H groups in total. The first kappa shape index (κ1) is 30.9. The molecule has 0 amide bonds. The van der Waals surface area contributed by atoms with Crippen LogP contribution in [-0.4, -0.2) is 52.1 Å². The molecule has 10 nitrogen and oxygen atoms in total. The number of nitrogens with two attached hydrogens (primary N) is 1. The Morgan fingerprint density at radius 3 is 2.16 bits per heavy atom. The van der Waals surface area contributed by atoms with Crippen molar-refractivity contribution < 1.29 is 30.0 Å². The summed E-state index contributed by atoms with van der Waals surface area (Å²) in [4.78, 5) is 4.14. The molecular formula is C27H26ClF3N6O4S2. The van der Waals surface area contributed by atoms with Crippen LogP contribution in [0.3, 0.4) is 0 Å². The number of guanidine groups is 1. The van der Waals surface area contributed by atoms with Gasteiger partial charge in [0.1, 0.15) is 0 Å². The minimum absolute atomic E-state index is 0.163. The largest absolute Gasteiger partial charge is 0.416 e. The van der Waals surface area contributed by atoms with Crippen molar-refractivity contribution in [2.75, 3.05) is 6.54 Å². The van der Waals surface area contributed by atoms with E-state index in [9.17, 15) is 30.0 Å². The van der Waals surface area contributed by atoms with Crippen LogP contribution in [0.25, 0.3) is 0 Å². The van der Waals surface area contributed by atoms with E-state index in [1.54, 1.807) is 24.3 Å². The molecule has 0 aromatic heterocycles. The Labute approximate surface area is 251 Å². The van der Waals surface area contributed by atoms with Gasteiger partial charge >= 0.3 is 6.18 Å². The highest BCUT2D eigenvalue weighted by Crippen LogP contribution is 2.32. The summed E-state index contributed by atoms with van der Waals surface area (Å²) in [7, 11) is -8.35. The third-order valence-electron chi connectivity index (χ3n) is 6.97. The van der Waals surface area contributed by atoms with E-state index in [1.807, 2.05) is 30.3 Å². The van der Waals surface area contributed by atoms with Gasteiger partial charge < -0.3 is 0 Å². The third-order valence-corrected chi connectivity index (χ3v) is 9.22. The molecule has 1 aliphatic carbocycles. The Kier molecular flexibility index (Phi) is 8.55. The summed E-state index contributed by atoms with van der Waals surface area (Å²) in [5, 5.41) is 11.7. The Balaban J connectivity index is 1.50. The van der Waals surface area contributed by atoms with E-state index in [0.29, 0.717) is 22.9 Å². The molecule has 1 atom stereocenters. The number of hydrogen-bond donors (Lipinski definition) is 3. The van der Waals surface area contributed by atoms with E-state index in [1.165, 1.54) is 5.01 Å². The maximum atomic E-state index is 13.4. The lowest BCUT2D eigenvalue weighted by Gasteiger charge is -2.33. The quantitative estimate of drug-likeness (QED) is 0.262. The molecule has 0 radical (unpaired) electrons. The van der Waals surface area contributed by atoms with E-state index in [2.05, 4.69) is 14.4 Å². The lowest BCUT2D eigenvalue weighted by Crippen LogP contribution is -2.50. The van der Waals surface area contributed by atoms with E-state index in [4.69, 9.17) is 21.8 Å². The Bertz CT molecular complexity index is 1750. The molecule has 1 saturated carbocycles. The first-order valence-electron chi connectivity index (χ1n) is 12.9. The molecule has 5 rings (SSSR count). The third kappa shape index (κ3) is 7.54. The molecule has 228 valence electrons. The zero-order chi connectivity index (χ0) is 31.0. The molecular weight excluding hydrogens is 629 g/mol. The number of aliphatic imine (C=N–C) groups is 1. The number of hydrazone groups is 1. The molecule has 3 aromatic rings. The normalized spacial score (nSPS) is 21.3. The van der Waals surface area contributed by atoms with Crippen LogP contribution >= 0.6 is 11.6 Å². The van der Waals surface area contributed by atoms with Crippen LogP contribution in [0.5, 0.6) is 0 Å². The van der Waals surface area contributed by atoms with Crippen molar-refractivity contribution in [3.63, 3.8) is 0 Å². The molecule has 2 aliphatic rings. The Hall–Kier alpha value is -3.50. The van der Waals surface area contributed by atoms with Gasteiger partial charge in [-0.05, 0) is 60.4 Å². The standard InChI is InChI=1S/C27H26ClF3N6O4S2/c28-20-10-6-18(7-11-20)25-24(17-4-2-1-3-5-17)16-37(34-25)26(33-21-14-22(15-21)35-43(32,40)41)36-42(38,39)23-12-8-19(9-13-23)27(29,30)31/h1-13,21-22,24,35H,14-16H2,(H,33,36)(H2,32,40,41)/t21?,22?,24-/m1/s1. The maximum Gasteiger partial charge on any atom is 0.416 e. The molecule has 16 heteroatoms. The molecule has 3 aromatic carbocycles. The highest BCUT2D eigenvalue weighted by atomic mass is 35.5. The fourth-order valence-corrected chi connectivity index (χ4v) is 6.60. The predicted octanol–water partition coefficient (Wildman–Crippen LogP) is 3.82. The molecule has 0 saturated heterocycles. The van der Waals surface area contributed by atoms with E-state index < -0.39 is 49.0 Å². The molecule has 1 aliphatic heterocycles. The minimum Gasteiger partial charge on any atom is -0.248 e. The SMILES string of the molecule is NS(=O)(=O)NC1CC(N=C(NS(=O)(=O)c2ccc(C(F)(F)F)cc2)N2C[C@H](c3ccccc3)C(c3ccc(Cl)cc3)=N2)C1. The van der Waals surface area contributed by atoms with Crippen LogP contribution in [0.2, 0.25) is 5.02 Å². The number of sulfonamides is 1. The van der Waals surface area contributed by atoms with Gasteiger partial charge in [-0.2, -0.15) is 31.4 Å². The zero-order valence-corrected chi connectivity index (χ0v) is 24.6. The minimum atomic E-state index is -4.64. The predicted molar refractivity (Wildman–Crippen MR) is 156 cm³/mol. The molecule has 43 heavy (non-hydrogen) atoms. The average Bonchev–Trinajstić information content (AvgIpc) is 3.37. The van der Waals surface area contributed by atoms with E-state index in [-0.39, 0.29) is 31.3 Å². The van der Waals surface area contributed by atoms with Gasteiger partial charge in [0, 0.05) is 17.0 Å². The summed E-state index contributed by atoms with van der Waals surface area (Å²) in [6.45, 7) is 0.182. The number of benzene rings is 3. The number of hydrogen-bond acceptors (Lipinski definition) is 6. The summed E-state index contributed by atoms with van der Waals surface area (Å²) in [6.07, 6.45) is -4.15. The molecule has 0 spiro atoms. The fraction of sp³-hybridized carbons (Fsp3) is 0.259. The van der Waals surface area contributed by atoms with Gasteiger partial charge in [-0.1, -0.05) is 54.1 Å². The lowest BCUT2D eigenvalue weighted by molar-refractivity contribution is -0.137. The van der Waals surface area contributed by atoms with Crippen LogP contribution in [0.1, 0.15) is 35.4 Å². The lowest BCUT2D eigenvalue weighted by atomic mass is 9.88. The van der Waals surface area contributed by atoms with Crippen LogP contribution in [0, 0.1) is 0 Å². The van der Waals surface area contributed by atoms with Crippen LogP contribution in [0.4, 0.5) is 13.2 Å². The van der Waals surface area contributed by atoms with Gasteiger partial charge in [0.25, 0.3) is 20.2 Å². The van der Waals surface area contributed by atoms with Crippen LogP contribution < -0.4 is 14.6 Å². The number of alkyl halides is 3. The van der Waals surface area contributed by atoms with Crippen molar-refractivity contribution in [2.45, 2.75) is 41.9 Å². The summed E-state index contributed by atoms with van der Waals surface area (Å²) >= 11 is 6.09. The molecule has 1 heterocycles. The topological polar surface area (TPSA) is 146 Å². The monoisotopic (exact) mass is 654 g/mol. The zero-order valence-electron chi connectivity index (χ0n) is 22.2. The maximum absolute atomic E-state index is 13.4. The molecule has 0 bridgehead atoms.